The Bertz CT molecular complexity index is 761. The Morgan fingerprint density at radius 3 is 2.57 bits per heavy atom. The van der Waals surface area contributed by atoms with Crippen LogP contribution in [0.1, 0.15) is 20.3 Å². The Morgan fingerprint density at radius 1 is 1.32 bits per heavy atom. The molecule has 7 nitrogen and oxygen atoms in total. The number of halogens is 2. The molecule has 2 heterocycles. The number of alkyl halides is 2. The molecule has 0 amide bonds. The fraction of sp³-hybridized carbons (Fsp3) is 0.556. The molecule has 1 saturated heterocycles. The number of thioether (sulfide) groups is 1. The highest BCUT2D eigenvalue weighted by Crippen LogP contribution is 2.46. The molecule has 0 radical (unpaired) electrons. The first-order chi connectivity index (χ1) is 13.2. The van der Waals surface area contributed by atoms with E-state index in [1.807, 2.05) is 6.08 Å². The van der Waals surface area contributed by atoms with Crippen molar-refractivity contribution in [3.63, 3.8) is 0 Å². The lowest BCUT2D eigenvalue weighted by molar-refractivity contribution is 0.194. The molecule has 28 heavy (non-hydrogen) atoms. The number of nitrogens with one attached hydrogen (secondary N) is 3. The third kappa shape index (κ3) is 4.39. The minimum Gasteiger partial charge on any atom is -0.395 e. The van der Waals surface area contributed by atoms with Gasteiger partial charge in [-0.1, -0.05) is 6.92 Å². The van der Waals surface area contributed by atoms with E-state index < -0.39 is 11.5 Å². The first-order valence-corrected chi connectivity index (χ1v) is 10.1. The maximum atomic E-state index is 12.7. The summed E-state index contributed by atoms with van der Waals surface area (Å²) in [6.07, 6.45) is 2.06. The average molecular weight is 412 g/mol. The molecule has 3 rings (SSSR count). The lowest BCUT2D eigenvalue weighted by Crippen LogP contribution is -2.52. The van der Waals surface area contributed by atoms with Crippen LogP contribution in [0.4, 0.5) is 8.78 Å². The van der Waals surface area contributed by atoms with Crippen molar-refractivity contribution in [2.75, 3.05) is 19.6 Å². The molecule has 3 aliphatic rings. The minimum absolute atomic E-state index is 0.00233. The van der Waals surface area contributed by atoms with E-state index in [1.54, 1.807) is 0 Å². The summed E-state index contributed by atoms with van der Waals surface area (Å²) < 4.78 is 25.3. The summed E-state index contributed by atoms with van der Waals surface area (Å²) in [4.78, 5) is 2.17. The van der Waals surface area contributed by atoms with Crippen molar-refractivity contribution in [3.05, 3.63) is 34.9 Å². The maximum absolute atomic E-state index is 12.7. The third-order valence-corrected chi connectivity index (χ3v) is 6.09. The molecule has 0 spiro atoms. The second kappa shape index (κ2) is 8.22. The Balaban J connectivity index is 1.92. The molecule has 3 atom stereocenters. The molecule has 2 fully saturated rings. The number of hydrazine groups is 1. The molecular formula is C18H27F2N7S. The zero-order valence-electron chi connectivity index (χ0n) is 16.0. The van der Waals surface area contributed by atoms with Crippen LogP contribution in [-0.4, -0.2) is 52.1 Å². The Morgan fingerprint density at radius 2 is 2.00 bits per heavy atom. The smallest absolute Gasteiger partial charge is 0.285 e. The van der Waals surface area contributed by atoms with Crippen LogP contribution in [0.5, 0.6) is 0 Å². The fourth-order valence-electron chi connectivity index (χ4n) is 3.53. The standard InChI is InChI=1S/C18H27F2N7S/c1-9-5-12(9)11-6-13(15(21)17(22)28-18(23)16(19)20)27(24)14(7-11)26-4-3-25-10(2)8-26/h6-7,9-10,12,16,22-23,25H,3-5,8,21,24H2,1-2H3/b15-13-,22-17?,23-18?/t9-,10?,12?/m0/s1. The summed E-state index contributed by atoms with van der Waals surface area (Å²) in [5.41, 5.74) is 7.64. The van der Waals surface area contributed by atoms with E-state index in [-0.39, 0.29) is 10.7 Å². The largest absolute Gasteiger partial charge is 0.395 e. The predicted octanol–water partition coefficient (Wildman–Crippen LogP) is 2.02. The molecule has 1 saturated carbocycles. The van der Waals surface area contributed by atoms with Crippen molar-refractivity contribution >= 4 is 21.8 Å². The van der Waals surface area contributed by atoms with Crippen molar-refractivity contribution in [2.24, 2.45) is 23.4 Å². The van der Waals surface area contributed by atoms with Gasteiger partial charge >= 0.3 is 0 Å². The summed E-state index contributed by atoms with van der Waals surface area (Å²) in [5.74, 6) is 8.13. The van der Waals surface area contributed by atoms with Gasteiger partial charge in [0, 0.05) is 25.7 Å². The van der Waals surface area contributed by atoms with Gasteiger partial charge in [-0.3, -0.25) is 15.8 Å². The van der Waals surface area contributed by atoms with E-state index in [9.17, 15) is 8.78 Å². The van der Waals surface area contributed by atoms with E-state index in [1.165, 1.54) is 5.01 Å². The third-order valence-electron chi connectivity index (χ3n) is 5.27. The van der Waals surface area contributed by atoms with Crippen LogP contribution < -0.4 is 16.9 Å². The molecule has 1 aliphatic carbocycles. The van der Waals surface area contributed by atoms with Gasteiger partial charge in [-0.25, -0.2) is 14.6 Å². The van der Waals surface area contributed by atoms with Gasteiger partial charge in [0.2, 0.25) is 0 Å². The van der Waals surface area contributed by atoms with Gasteiger partial charge in [0.05, 0.1) is 11.4 Å². The van der Waals surface area contributed by atoms with Gasteiger partial charge in [-0.2, -0.15) is 0 Å². The zero-order chi connectivity index (χ0) is 20.6. The highest BCUT2D eigenvalue weighted by Gasteiger charge is 2.38. The second-order valence-corrected chi connectivity index (χ2v) is 8.58. The van der Waals surface area contributed by atoms with Crippen molar-refractivity contribution in [2.45, 2.75) is 32.7 Å². The summed E-state index contributed by atoms with van der Waals surface area (Å²) in [5, 5.41) is 19.0. The molecule has 0 aromatic heterocycles. The molecule has 2 aliphatic heterocycles. The van der Waals surface area contributed by atoms with Gasteiger partial charge in [-0.05, 0) is 54.7 Å². The number of allylic oxidation sites excluding steroid dienone is 3. The molecule has 7 N–H and O–H groups in total. The number of hydrogen-bond acceptors (Lipinski definition) is 8. The lowest BCUT2D eigenvalue weighted by Gasteiger charge is -2.40. The first kappa shape index (κ1) is 20.8. The van der Waals surface area contributed by atoms with Crippen molar-refractivity contribution in [1.82, 2.24) is 15.2 Å². The Kier molecular flexibility index (Phi) is 6.11. The van der Waals surface area contributed by atoms with Gasteiger partial charge in [0.1, 0.15) is 15.9 Å². The van der Waals surface area contributed by atoms with Crippen LogP contribution in [0.25, 0.3) is 0 Å². The zero-order valence-corrected chi connectivity index (χ0v) is 16.8. The fourth-order valence-corrected chi connectivity index (χ4v) is 4.05. The van der Waals surface area contributed by atoms with Crippen LogP contribution >= 0.6 is 11.8 Å². The highest BCUT2D eigenvalue weighted by molar-refractivity contribution is 8.26. The molecule has 154 valence electrons. The van der Waals surface area contributed by atoms with E-state index in [0.29, 0.717) is 35.3 Å². The van der Waals surface area contributed by atoms with Gasteiger partial charge < -0.3 is 16.0 Å². The van der Waals surface area contributed by atoms with Crippen molar-refractivity contribution < 1.29 is 8.78 Å². The number of nitrogens with zero attached hydrogens (tertiary/aromatic N) is 2. The summed E-state index contributed by atoms with van der Waals surface area (Å²) in [7, 11) is 0. The van der Waals surface area contributed by atoms with Crippen LogP contribution in [0.2, 0.25) is 0 Å². The van der Waals surface area contributed by atoms with Crippen molar-refractivity contribution in [1.29, 1.82) is 10.8 Å². The van der Waals surface area contributed by atoms with Gasteiger partial charge in [0.15, 0.2) is 0 Å². The van der Waals surface area contributed by atoms with Crippen molar-refractivity contribution in [3.8, 4) is 0 Å². The highest BCUT2D eigenvalue weighted by atomic mass is 32.2. The first-order valence-electron chi connectivity index (χ1n) is 9.28. The Labute approximate surface area is 167 Å². The molecular weight excluding hydrogens is 384 g/mol. The lowest BCUT2D eigenvalue weighted by atomic mass is 10.0. The van der Waals surface area contributed by atoms with E-state index in [4.69, 9.17) is 22.4 Å². The van der Waals surface area contributed by atoms with Crippen LogP contribution in [0.3, 0.4) is 0 Å². The van der Waals surface area contributed by atoms with Crippen LogP contribution in [0, 0.1) is 22.7 Å². The summed E-state index contributed by atoms with van der Waals surface area (Å²) in [6, 6.07) is 0.308. The summed E-state index contributed by atoms with van der Waals surface area (Å²) in [6.45, 7) is 6.67. The normalized spacial score (nSPS) is 29.4. The number of piperazine rings is 1. The van der Waals surface area contributed by atoms with E-state index in [2.05, 4.69) is 30.1 Å². The second-order valence-electron chi connectivity index (χ2n) is 7.53. The maximum Gasteiger partial charge on any atom is 0.285 e. The van der Waals surface area contributed by atoms with Crippen LogP contribution in [0.15, 0.2) is 34.9 Å². The minimum atomic E-state index is -2.93. The number of rotatable bonds is 4. The molecule has 0 aromatic rings. The number of hydrogen-bond donors (Lipinski definition) is 5. The average Bonchev–Trinajstić information content (AvgIpc) is 3.37. The summed E-state index contributed by atoms with van der Waals surface area (Å²) >= 11 is 0.354. The van der Waals surface area contributed by atoms with Gasteiger partial charge in [0.25, 0.3) is 6.43 Å². The SMILES string of the molecule is CC1CN(C2=CC(C3C[C@@H]3C)=C/C(=C(/N)C(=N)SC(=N)C(F)F)N2N)CCN1. The molecule has 0 bridgehead atoms. The molecule has 0 aromatic carbocycles. The van der Waals surface area contributed by atoms with E-state index in [0.717, 1.165) is 37.4 Å². The molecule has 10 heteroatoms. The molecule has 2 unspecified atom stereocenters. The topological polar surface area (TPSA) is 118 Å². The predicted molar refractivity (Wildman–Crippen MR) is 109 cm³/mol. The van der Waals surface area contributed by atoms with E-state index >= 15 is 0 Å². The van der Waals surface area contributed by atoms with Gasteiger partial charge in [-0.15, -0.1) is 0 Å². The quantitative estimate of drug-likeness (QED) is 0.274. The number of nitrogens with two attached hydrogens (primary N) is 2. The van der Waals surface area contributed by atoms with Crippen LogP contribution in [-0.2, 0) is 0 Å². The monoisotopic (exact) mass is 411 g/mol. The Hall–Kier alpha value is -1.91.